The van der Waals surface area contributed by atoms with Crippen molar-refractivity contribution < 1.29 is 4.79 Å². The maximum atomic E-state index is 11.7. The van der Waals surface area contributed by atoms with Crippen LogP contribution >= 0.6 is 0 Å². The Morgan fingerprint density at radius 3 is 2.31 bits per heavy atom. The van der Waals surface area contributed by atoms with E-state index in [0.29, 0.717) is 6.54 Å². The van der Waals surface area contributed by atoms with E-state index in [4.69, 9.17) is 5.73 Å². The van der Waals surface area contributed by atoms with Crippen LogP contribution in [0.4, 0.5) is 11.4 Å². The van der Waals surface area contributed by atoms with E-state index in [1.54, 1.807) is 11.9 Å². The Bertz CT molecular complexity index is 348. The number of nitrogens with zero attached hydrogens (tertiary/aromatic N) is 2. The Morgan fingerprint density at radius 2 is 1.81 bits per heavy atom. The highest BCUT2D eigenvalue weighted by atomic mass is 16.2. The molecule has 0 saturated carbocycles. The number of benzene rings is 1. The normalized spacial score (nSPS) is 9.94. The standard InChI is InChI=1S/C12H19N3O/c1-4-14(2)12(16)9-15(3)11-7-5-10(13)6-8-11/h5-8H,4,9,13H2,1-3H3. The molecule has 1 amide bonds. The Morgan fingerprint density at radius 1 is 1.25 bits per heavy atom. The molecule has 0 atom stereocenters. The van der Waals surface area contributed by atoms with E-state index in [9.17, 15) is 4.79 Å². The molecule has 88 valence electrons. The van der Waals surface area contributed by atoms with Crippen LogP contribution in [0.15, 0.2) is 24.3 Å². The van der Waals surface area contributed by atoms with Crippen molar-refractivity contribution in [2.75, 3.05) is 37.8 Å². The van der Waals surface area contributed by atoms with Gasteiger partial charge >= 0.3 is 0 Å². The molecule has 0 aromatic heterocycles. The summed E-state index contributed by atoms with van der Waals surface area (Å²) in [5, 5.41) is 0. The molecule has 16 heavy (non-hydrogen) atoms. The average molecular weight is 221 g/mol. The van der Waals surface area contributed by atoms with Crippen LogP contribution in [0.25, 0.3) is 0 Å². The van der Waals surface area contributed by atoms with Gasteiger partial charge in [0, 0.05) is 32.0 Å². The van der Waals surface area contributed by atoms with Gasteiger partial charge < -0.3 is 15.5 Å². The predicted octanol–water partition coefficient (Wildman–Crippen LogP) is 1.18. The summed E-state index contributed by atoms with van der Waals surface area (Å²) in [4.78, 5) is 15.3. The zero-order chi connectivity index (χ0) is 12.1. The summed E-state index contributed by atoms with van der Waals surface area (Å²) in [5.74, 6) is 0.113. The lowest BCUT2D eigenvalue weighted by molar-refractivity contribution is -0.128. The zero-order valence-electron chi connectivity index (χ0n) is 10.1. The molecule has 0 bridgehead atoms. The molecule has 0 aliphatic carbocycles. The highest BCUT2D eigenvalue weighted by molar-refractivity contribution is 5.81. The fraction of sp³-hybridized carbons (Fsp3) is 0.417. The number of nitrogen functional groups attached to an aromatic ring is 1. The molecule has 0 unspecified atom stereocenters. The Labute approximate surface area is 96.6 Å². The van der Waals surface area contributed by atoms with Crippen molar-refractivity contribution in [3.8, 4) is 0 Å². The molecular formula is C12H19N3O. The summed E-state index contributed by atoms with van der Waals surface area (Å²) < 4.78 is 0. The number of amides is 1. The molecule has 0 saturated heterocycles. The van der Waals surface area contributed by atoms with Crippen molar-refractivity contribution in [3.63, 3.8) is 0 Å². The predicted molar refractivity (Wildman–Crippen MR) is 67.4 cm³/mol. The monoisotopic (exact) mass is 221 g/mol. The number of likely N-dealkylation sites (N-methyl/N-ethyl adjacent to an activating group) is 2. The van der Waals surface area contributed by atoms with Gasteiger partial charge in [0.15, 0.2) is 0 Å². The van der Waals surface area contributed by atoms with Crippen LogP contribution in [0.1, 0.15) is 6.92 Å². The van der Waals surface area contributed by atoms with Crippen molar-refractivity contribution in [1.29, 1.82) is 0 Å². The third-order valence-corrected chi connectivity index (χ3v) is 2.61. The maximum absolute atomic E-state index is 11.7. The van der Waals surface area contributed by atoms with E-state index < -0.39 is 0 Å². The van der Waals surface area contributed by atoms with Crippen molar-refractivity contribution >= 4 is 17.3 Å². The number of hydrogen-bond acceptors (Lipinski definition) is 3. The van der Waals surface area contributed by atoms with E-state index >= 15 is 0 Å². The number of anilines is 2. The average Bonchev–Trinajstić information content (AvgIpc) is 2.28. The smallest absolute Gasteiger partial charge is 0.241 e. The van der Waals surface area contributed by atoms with Gasteiger partial charge in [0.1, 0.15) is 0 Å². The molecule has 1 aromatic carbocycles. The minimum atomic E-state index is 0.113. The minimum absolute atomic E-state index is 0.113. The number of rotatable bonds is 4. The first-order chi connectivity index (χ1) is 7.54. The topological polar surface area (TPSA) is 49.6 Å². The lowest BCUT2D eigenvalue weighted by atomic mass is 10.2. The summed E-state index contributed by atoms with van der Waals surface area (Å²) in [5.41, 5.74) is 7.33. The van der Waals surface area contributed by atoms with Gasteiger partial charge in [0.2, 0.25) is 5.91 Å². The summed E-state index contributed by atoms with van der Waals surface area (Å²) in [6.45, 7) is 3.07. The molecular weight excluding hydrogens is 202 g/mol. The van der Waals surface area contributed by atoms with E-state index in [-0.39, 0.29) is 5.91 Å². The van der Waals surface area contributed by atoms with Gasteiger partial charge in [-0.3, -0.25) is 4.79 Å². The second-order valence-electron chi connectivity index (χ2n) is 3.86. The second kappa shape index (κ2) is 5.39. The third-order valence-electron chi connectivity index (χ3n) is 2.61. The molecule has 1 rings (SSSR count). The lowest BCUT2D eigenvalue weighted by Crippen LogP contribution is -2.36. The van der Waals surface area contributed by atoms with E-state index in [0.717, 1.165) is 17.9 Å². The van der Waals surface area contributed by atoms with Gasteiger partial charge in [0.05, 0.1) is 6.54 Å². The van der Waals surface area contributed by atoms with E-state index in [1.165, 1.54) is 0 Å². The van der Waals surface area contributed by atoms with Gasteiger partial charge in [-0.15, -0.1) is 0 Å². The first kappa shape index (κ1) is 12.4. The van der Waals surface area contributed by atoms with Crippen LogP contribution in [0, 0.1) is 0 Å². The summed E-state index contributed by atoms with van der Waals surface area (Å²) in [7, 11) is 3.70. The van der Waals surface area contributed by atoms with Crippen LogP contribution in [0.2, 0.25) is 0 Å². The minimum Gasteiger partial charge on any atom is -0.399 e. The molecule has 4 heteroatoms. The molecule has 0 fully saturated rings. The molecule has 1 aromatic rings. The molecule has 0 spiro atoms. The summed E-state index contributed by atoms with van der Waals surface area (Å²) >= 11 is 0. The summed E-state index contributed by atoms with van der Waals surface area (Å²) in [6.07, 6.45) is 0. The van der Waals surface area contributed by atoms with Crippen molar-refractivity contribution in [3.05, 3.63) is 24.3 Å². The third kappa shape index (κ3) is 3.15. The van der Waals surface area contributed by atoms with Crippen LogP contribution in [-0.2, 0) is 4.79 Å². The maximum Gasteiger partial charge on any atom is 0.241 e. The van der Waals surface area contributed by atoms with Crippen LogP contribution in [-0.4, -0.2) is 38.0 Å². The lowest BCUT2D eigenvalue weighted by Gasteiger charge is -2.22. The highest BCUT2D eigenvalue weighted by Crippen LogP contribution is 2.14. The van der Waals surface area contributed by atoms with Gasteiger partial charge in [0.25, 0.3) is 0 Å². The number of carbonyl (C=O) groups excluding carboxylic acids is 1. The second-order valence-corrected chi connectivity index (χ2v) is 3.86. The Hall–Kier alpha value is -1.71. The van der Waals surface area contributed by atoms with Gasteiger partial charge in [-0.2, -0.15) is 0 Å². The zero-order valence-corrected chi connectivity index (χ0v) is 10.1. The van der Waals surface area contributed by atoms with E-state index in [2.05, 4.69) is 0 Å². The van der Waals surface area contributed by atoms with E-state index in [1.807, 2.05) is 43.1 Å². The van der Waals surface area contributed by atoms with Gasteiger partial charge in [-0.05, 0) is 31.2 Å². The van der Waals surface area contributed by atoms with Crippen molar-refractivity contribution in [2.45, 2.75) is 6.92 Å². The first-order valence-electron chi connectivity index (χ1n) is 5.35. The first-order valence-corrected chi connectivity index (χ1v) is 5.35. The molecule has 0 aliphatic rings. The van der Waals surface area contributed by atoms with Gasteiger partial charge in [-0.1, -0.05) is 0 Å². The largest absolute Gasteiger partial charge is 0.399 e. The highest BCUT2D eigenvalue weighted by Gasteiger charge is 2.10. The Kier molecular flexibility index (Phi) is 4.17. The Balaban J connectivity index is 2.62. The molecule has 2 N–H and O–H groups in total. The fourth-order valence-electron chi connectivity index (χ4n) is 1.32. The van der Waals surface area contributed by atoms with Crippen LogP contribution in [0.3, 0.4) is 0 Å². The van der Waals surface area contributed by atoms with Gasteiger partial charge in [-0.25, -0.2) is 0 Å². The number of hydrogen-bond donors (Lipinski definition) is 1. The fourth-order valence-corrected chi connectivity index (χ4v) is 1.32. The van der Waals surface area contributed by atoms with Crippen LogP contribution < -0.4 is 10.6 Å². The quantitative estimate of drug-likeness (QED) is 0.777. The SMILES string of the molecule is CCN(C)C(=O)CN(C)c1ccc(N)cc1. The van der Waals surface area contributed by atoms with Crippen LogP contribution in [0.5, 0.6) is 0 Å². The molecule has 4 nitrogen and oxygen atoms in total. The number of carbonyl (C=O) groups is 1. The molecule has 0 heterocycles. The molecule has 0 radical (unpaired) electrons. The van der Waals surface area contributed by atoms with Crippen molar-refractivity contribution in [1.82, 2.24) is 4.90 Å². The summed E-state index contributed by atoms with van der Waals surface area (Å²) in [6, 6.07) is 7.49. The number of nitrogens with two attached hydrogens (primary N) is 1. The molecule has 0 aliphatic heterocycles. The van der Waals surface area contributed by atoms with Crippen molar-refractivity contribution in [2.24, 2.45) is 0 Å².